The zero-order chi connectivity index (χ0) is 20.7. The monoisotopic (exact) mass is 380 g/mol. The topological polar surface area (TPSA) is 52.6 Å². The highest BCUT2D eigenvalue weighted by molar-refractivity contribution is 6.13. The Labute approximate surface area is 167 Å². The summed E-state index contributed by atoms with van der Waals surface area (Å²) in [7, 11) is 0. The molecule has 2 aromatic carbocycles. The van der Waals surface area contributed by atoms with Gasteiger partial charge in [-0.2, -0.15) is 0 Å². The summed E-state index contributed by atoms with van der Waals surface area (Å²) in [5.74, 6) is -1.55. The van der Waals surface area contributed by atoms with E-state index < -0.39 is 24.1 Å². The molecule has 148 valence electrons. The van der Waals surface area contributed by atoms with Crippen molar-refractivity contribution in [3.63, 3.8) is 0 Å². The van der Waals surface area contributed by atoms with Gasteiger partial charge >= 0.3 is 11.9 Å². The van der Waals surface area contributed by atoms with Gasteiger partial charge in [0.05, 0.1) is 0 Å². The summed E-state index contributed by atoms with van der Waals surface area (Å²) < 4.78 is 10.7. The van der Waals surface area contributed by atoms with E-state index in [-0.39, 0.29) is 5.57 Å². The highest BCUT2D eigenvalue weighted by Gasteiger charge is 2.23. The van der Waals surface area contributed by atoms with Gasteiger partial charge in [0.1, 0.15) is 17.8 Å². The number of esters is 2. The fourth-order valence-corrected chi connectivity index (χ4v) is 2.73. The van der Waals surface area contributed by atoms with Crippen LogP contribution in [-0.4, -0.2) is 11.9 Å². The average Bonchev–Trinajstić information content (AvgIpc) is 2.72. The van der Waals surface area contributed by atoms with Crippen molar-refractivity contribution in [3.8, 4) is 0 Å². The Kier molecular flexibility index (Phi) is 7.56. The van der Waals surface area contributed by atoms with Crippen molar-refractivity contribution < 1.29 is 19.1 Å². The predicted molar refractivity (Wildman–Crippen MR) is 110 cm³/mol. The molecule has 0 N–H and O–H groups in total. The Morgan fingerprint density at radius 2 is 1.07 bits per heavy atom. The summed E-state index contributed by atoms with van der Waals surface area (Å²) in [6.45, 7) is 11.2. The van der Waals surface area contributed by atoms with E-state index in [1.54, 1.807) is 13.8 Å². The average molecular weight is 380 g/mol. The molecular weight excluding hydrogens is 352 g/mol. The summed E-state index contributed by atoms with van der Waals surface area (Å²) in [5, 5.41) is 0. The Bertz CT molecular complexity index is 749. The third-order valence-corrected chi connectivity index (χ3v) is 4.78. The van der Waals surface area contributed by atoms with Crippen LogP contribution in [0.4, 0.5) is 0 Å². The maximum absolute atomic E-state index is 12.3. The van der Waals surface area contributed by atoms with E-state index in [2.05, 4.69) is 20.4 Å². The lowest BCUT2D eigenvalue weighted by Crippen LogP contribution is -2.20. The maximum atomic E-state index is 12.3. The van der Waals surface area contributed by atoms with Crippen LogP contribution in [0, 0.1) is 0 Å². The lowest BCUT2D eigenvalue weighted by atomic mass is 10.1. The highest BCUT2D eigenvalue weighted by atomic mass is 16.6. The number of benzene rings is 2. The van der Waals surface area contributed by atoms with E-state index in [4.69, 9.17) is 9.47 Å². The smallest absolute Gasteiger partial charge is 0.345 e. The van der Waals surface area contributed by atoms with Crippen LogP contribution >= 0.6 is 0 Å². The minimum atomic E-state index is -0.773. The van der Waals surface area contributed by atoms with E-state index in [0.717, 1.165) is 24.0 Å². The van der Waals surface area contributed by atoms with Crippen molar-refractivity contribution >= 4 is 11.9 Å². The van der Waals surface area contributed by atoms with Crippen LogP contribution in [0.15, 0.2) is 60.7 Å². The maximum Gasteiger partial charge on any atom is 0.345 e. The summed E-state index contributed by atoms with van der Waals surface area (Å²) in [4.78, 5) is 24.5. The standard InChI is InChI=1S/C24H28O4/c1-6-19-8-12-21(13-9-19)17(4)27-23(25)16(3)24(26)28-18(5)22-14-10-20(7-2)11-15-22/h8-15,17-18H,3,6-7H2,1-2,4-5H3. The van der Waals surface area contributed by atoms with Crippen LogP contribution in [0.25, 0.3) is 0 Å². The van der Waals surface area contributed by atoms with Gasteiger partial charge in [0.15, 0.2) is 0 Å². The van der Waals surface area contributed by atoms with E-state index in [9.17, 15) is 9.59 Å². The van der Waals surface area contributed by atoms with E-state index in [1.807, 2.05) is 48.5 Å². The molecule has 2 rings (SSSR count). The van der Waals surface area contributed by atoms with Crippen molar-refractivity contribution in [3.05, 3.63) is 82.9 Å². The minimum absolute atomic E-state index is 0.311. The minimum Gasteiger partial charge on any atom is -0.454 e. The van der Waals surface area contributed by atoms with Crippen LogP contribution in [0.5, 0.6) is 0 Å². The molecule has 28 heavy (non-hydrogen) atoms. The Morgan fingerprint density at radius 3 is 1.36 bits per heavy atom. The van der Waals surface area contributed by atoms with E-state index in [0.29, 0.717) is 0 Å². The van der Waals surface area contributed by atoms with Gasteiger partial charge < -0.3 is 9.47 Å². The Hall–Kier alpha value is -2.88. The summed E-state index contributed by atoms with van der Waals surface area (Å²) >= 11 is 0. The second-order valence-corrected chi connectivity index (χ2v) is 6.76. The molecule has 0 radical (unpaired) electrons. The third kappa shape index (κ3) is 5.56. The molecule has 0 spiro atoms. The molecule has 0 amide bonds. The molecule has 0 aromatic heterocycles. The number of rotatable bonds is 8. The second kappa shape index (κ2) is 9.88. The van der Waals surface area contributed by atoms with Crippen LogP contribution in [0.2, 0.25) is 0 Å². The van der Waals surface area contributed by atoms with Crippen molar-refractivity contribution in [2.24, 2.45) is 0 Å². The van der Waals surface area contributed by atoms with Crippen LogP contribution in [0.3, 0.4) is 0 Å². The lowest BCUT2D eigenvalue weighted by molar-refractivity contribution is -0.152. The zero-order valence-electron chi connectivity index (χ0n) is 17.0. The second-order valence-electron chi connectivity index (χ2n) is 6.76. The molecular formula is C24H28O4. The number of hydrogen-bond donors (Lipinski definition) is 0. The number of carbonyl (C=O) groups excluding carboxylic acids is 2. The van der Waals surface area contributed by atoms with Crippen molar-refractivity contribution in [1.29, 1.82) is 0 Å². The summed E-state index contributed by atoms with van der Waals surface area (Å²) in [5.41, 5.74) is 3.81. The fourth-order valence-electron chi connectivity index (χ4n) is 2.73. The first-order valence-corrected chi connectivity index (χ1v) is 9.64. The number of hydrogen-bond acceptors (Lipinski definition) is 4. The third-order valence-electron chi connectivity index (χ3n) is 4.78. The fraction of sp³-hybridized carbons (Fsp3) is 0.333. The van der Waals surface area contributed by atoms with Crippen LogP contribution in [0.1, 0.15) is 62.2 Å². The van der Waals surface area contributed by atoms with Gasteiger partial charge in [0, 0.05) is 0 Å². The van der Waals surface area contributed by atoms with Crippen LogP contribution < -0.4 is 0 Å². The number of aryl methyl sites for hydroxylation is 2. The first-order chi connectivity index (χ1) is 13.3. The van der Waals surface area contributed by atoms with Crippen molar-refractivity contribution in [2.75, 3.05) is 0 Å². The molecule has 0 aliphatic rings. The van der Waals surface area contributed by atoms with E-state index >= 15 is 0 Å². The molecule has 2 atom stereocenters. The van der Waals surface area contributed by atoms with Gasteiger partial charge in [-0.3, -0.25) is 0 Å². The van der Waals surface area contributed by atoms with Gasteiger partial charge in [-0.15, -0.1) is 0 Å². The molecule has 0 heterocycles. The number of carbonyl (C=O) groups is 2. The molecule has 2 unspecified atom stereocenters. The van der Waals surface area contributed by atoms with Crippen molar-refractivity contribution in [1.82, 2.24) is 0 Å². The van der Waals surface area contributed by atoms with Gasteiger partial charge in [-0.25, -0.2) is 9.59 Å². The normalized spacial score (nSPS) is 12.7. The molecule has 0 saturated heterocycles. The molecule has 0 aliphatic heterocycles. The number of ether oxygens (including phenoxy) is 2. The zero-order valence-corrected chi connectivity index (χ0v) is 17.0. The van der Waals surface area contributed by atoms with Gasteiger partial charge in [0.25, 0.3) is 0 Å². The summed E-state index contributed by atoms with van der Waals surface area (Å²) in [6.07, 6.45) is 0.913. The highest BCUT2D eigenvalue weighted by Crippen LogP contribution is 2.22. The van der Waals surface area contributed by atoms with Crippen molar-refractivity contribution in [2.45, 2.75) is 52.7 Å². The molecule has 2 aromatic rings. The molecule has 0 saturated carbocycles. The molecule has 0 bridgehead atoms. The van der Waals surface area contributed by atoms with Gasteiger partial charge in [-0.1, -0.05) is 69.0 Å². The first kappa shape index (κ1) is 21.4. The molecule has 0 aliphatic carbocycles. The lowest BCUT2D eigenvalue weighted by Gasteiger charge is -2.17. The van der Waals surface area contributed by atoms with Crippen LogP contribution in [-0.2, 0) is 31.9 Å². The SMILES string of the molecule is C=C(C(=O)OC(C)c1ccc(CC)cc1)C(=O)OC(C)c1ccc(CC)cc1. The molecule has 0 fully saturated rings. The molecule has 4 heteroatoms. The van der Waals surface area contributed by atoms with Gasteiger partial charge in [0.2, 0.25) is 0 Å². The first-order valence-electron chi connectivity index (χ1n) is 9.64. The summed E-state index contributed by atoms with van der Waals surface area (Å²) in [6, 6.07) is 15.6. The largest absolute Gasteiger partial charge is 0.454 e. The Morgan fingerprint density at radius 1 is 0.750 bits per heavy atom. The quantitative estimate of drug-likeness (QED) is 0.271. The van der Waals surface area contributed by atoms with E-state index in [1.165, 1.54) is 11.1 Å². The van der Waals surface area contributed by atoms with Gasteiger partial charge in [-0.05, 0) is 48.9 Å². The predicted octanol–water partition coefficient (Wildman–Crippen LogP) is 5.28. The molecule has 4 nitrogen and oxygen atoms in total. The Balaban J connectivity index is 1.93.